The van der Waals surface area contributed by atoms with Crippen LogP contribution >= 0.6 is 11.5 Å². The molecule has 0 saturated carbocycles. The van der Waals surface area contributed by atoms with Gasteiger partial charge >= 0.3 is 0 Å². The average molecular weight is 266 g/mol. The Hall–Kier alpha value is -1.37. The molecule has 4 nitrogen and oxygen atoms in total. The van der Waals surface area contributed by atoms with Gasteiger partial charge in [-0.05, 0) is 48.1 Å². The lowest BCUT2D eigenvalue weighted by Gasteiger charge is -2.17. The summed E-state index contributed by atoms with van der Waals surface area (Å²) in [7, 11) is 0. The second-order valence-electron chi connectivity index (χ2n) is 4.04. The Bertz CT molecular complexity index is 541. The molecule has 2 aromatic rings. The zero-order valence-electron chi connectivity index (χ0n) is 10.3. The number of halogens is 1. The quantitative estimate of drug-likeness (QED) is 0.657. The minimum absolute atomic E-state index is 0.268. The molecule has 0 amide bonds. The van der Waals surface area contributed by atoms with Crippen LogP contribution < -0.4 is 11.3 Å². The molecule has 3 N–H and O–H groups in total. The molecule has 96 valence electrons. The molecular formula is C12H15FN4S. The van der Waals surface area contributed by atoms with Crippen LogP contribution in [0.5, 0.6) is 0 Å². The van der Waals surface area contributed by atoms with E-state index in [1.807, 2.05) is 13.8 Å². The summed E-state index contributed by atoms with van der Waals surface area (Å²) in [6.07, 6.45) is 0.776. The van der Waals surface area contributed by atoms with Crippen LogP contribution in [0.1, 0.15) is 34.7 Å². The normalized spacial score (nSPS) is 12.7. The van der Waals surface area contributed by atoms with Gasteiger partial charge in [-0.1, -0.05) is 17.5 Å². The van der Waals surface area contributed by atoms with Gasteiger partial charge in [0.25, 0.3) is 0 Å². The lowest BCUT2D eigenvalue weighted by molar-refractivity contribution is 0.604. The van der Waals surface area contributed by atoms with E-state index < -0.39 is 0 Å². The molecule has 1 heterocycles. The number of hydrazine groups is 1. The minimum Gasteiger partial charge on any atom is -0.271 e. The van der Waals surface area contributed by atoms with Gasteiger partial charge in [-0.25, -0.2) is 9.82 Å². The first-order valence-electron chi connectivity index (χ1n) is 5.70. The van der Waals surface area contributed by atoms with Crippen LogP contribution in [0.2, 0.25) is 0 Å². The number of nitrogens with zero attached hydrogens (tertiary/aromatic N) is 2. The third kappa shape index (κ3) is 2.40. The molecule has 6 heteroatoms. The summed E-state index contributed by atoms with van der Waals surface area (Å²) >= 11 is 1.29. The number of hydrogen-bond donors (Lipinski definition) is 2. The molecule has 0 spiro atoms. The molecule has 0 radical (unpaired) electrons. The van der Waals surface area contributed by atoms with E-state index in [9.17, 15) is 4.39 Å². The predicted molar refractivity (Wildman–Crippen MR) is 69.6 cm³/mol. The summed E-state index contributed by atoms with van der Waals surface area (Å²) in [5.74, 6) is 5.35. The number of rotatable bonds is 4. The zero-order chi connectivity index (χ0) is 13.1. The SMILES string of the molecule is CCc1nnsc1C(NN)c1cc(F)ccc1C. The summed E-state index contributed by atoms with van der Waals surface area (Å²) < 4.78 is 17.3. The number of benzene rings is 1. The summed E-state index contributed by atoms with van der Waals surface area (Å²) in [6.45, 7) is 3.94. The van der Waals surface area contributed by atoms with E-state index in [4.69, 9.17) is 5.84 Å². The maximum absolute atomic E-state index is 13.4. The Morgan fingerprint density at radius 2 is 2.28 bits per heavy atom. The van der Waals surface area contributed by atoms with Crippen molar-refractivity contribution in [1.82, 2.24) is 15.0 Å². The number of nitrogens with two attached hydrogens (primary N) is 1. The second-order valence-corrected chi connectivity index (χ2v) is 4.82. The Labute approximate surface area is 109 Å². The van der Waals surface area contributed by atoms with Crippen LogP contribution in [-0.4, -0.2) is 9.59 Å². The Morgan fingerprint density at radius 3 is 2.94 bits per heavy atom. The van der Waals surface area contributed by atoms with Crippen molar-refractivity contribution in [3.63, 3.8) is 0 Å². The van der Waals surface area contributed by atoms with Gasteiger partial charge in [-0.15, -0.1) is 5.10 Å². The van der Waals surface area contributed by atoms with Crippen molar-refractivity contribution in [2.75, 3.05) is 0 Å². The van der Waals surface area contributed by atoms with Gasteiger partial charge in [0.15, 0.2) is 0 Å². The van der Waals surface area contributed by atoms with E-state index in [1.165, 1.54) is 23.7 Å². The van der Waals surface area contributed by atoms with Crippen LogP contribution in [0.15, 0.2) is 18.2 Å². The highest BCUT2D eigenvalue weighted by Gasteiger charge is 2.21. The molecule has 1 unspecified atom stereocenters. The highest BCUT2D eigenvalue weighted by molar-refractivity contribution is 7.05. The molecule has 1 atom stereocenters. The first kappa shape index (κ1) is 13.1. The summed E-state index contributed by atoms with van der Waals surface area (Å²) in [6, 6.07) is 4.42. The van der Waals surface area contributed by atoms with Crippen LogP contribution in [0.25, 0.3) is 0 Å². The van der Waals surface area contributed by atoms with Crippen molar-refractivity contribution in [3.8, 4) is 0 Å². The van der Waals surface area contributed by atoms with E-state index >= 15 is 0 Å². The van der Waals surface area contributed by atoms with Crippen LogP contribution in [-0.2, 0) is 6.42 Å². The first-order valence-corrected chi connectivity index (χ1v) is 6.48. The van der Waals surface area contributed by atoms with E-state index in [0.29, 0.717) is 0 Å². The van der Waals surface area contributed by atoms with Gasteiger partial charge in [0, 0.05) is 0 Å². The number of aryl methyl sites for hydroxylation is 2. The number of hydrogen-bond acceptors (Lipinski definition) is 5. The van der Waals surface area contributed by atoms with E-state index in [1.54, 1.807) is 6.07 Å². The minimum atomic E-state index is -0.272. The predicted octanol–water partition coefficient (Wildman–Crippen LogP) is 2.10. The molecule has 0 aliphatic heterocycles. The molecule has 1 aromatic carbocycles. The fraction of sp³-hybridized carbons (Fsp3) is 0.333. The largest absolute Gasteiger partial charge is 0.271 e. The Morgan fingerprint density at radius 1 is 1.50 bits per heavy atom. The second kappa shape index (κ2) is 5.51. The summed E-state index contributed by atoms with van der Waals surface area (Å²) in [4.78, 5) is 0.939. The zero-order valence-corrected chi connectivity index (χ0v) is 11.1. The molecule has 18 heavy (non-hydrogen) atoms. The topological polar surface area (TPSA) is 63.8 Å². The van der Waals surface area contributed by atoms with Crippen molar-refractivity contribution in [3.05, 3.63) is 45.7 Å². The van der Waals surface area contributed by atoms with E-state index in [0.717, 1.165) is 28.1 Å². The fourth-order valence-corrected chi connectivity index (χ4v) is 2.73. The summed E-state index contributed by atoms with van der Waals surface area (Å²) in [5.41, 5.74) is 5.42. The third-order valence-electron chi connectivity index (χ3n) is 2.90. The highest BCUT2D eigenvalue weighted by Crippen LogP contribution is 2.29. The molecule has 0 bridgehead atoms. The molecule has 0 saturated heterocycles. The molecule has 1 aromatic heterocycles. The maximum Gasteiger partial charge on any atom is 0.123 e. The van der Waals surface area contributed by atoms with Gasteiger partial charge < -0.3 is 0 Å². The van der Waals surface area contributed by atoms with Crippen LogP contribution in [0, 0.1) is 12.7 Å². The first-order chi connectivity index (χ1) is 8.67. The lowest BCUT2D eigenvalue weighted by Crippen LogP contribution is -2.29. The Balaban J connectivity index is 2.48. The van der Waals surface area contributed by atoms with Gasteiger partial charge in [-0.3, -0.25) is 5.84 Å². The smallest absolute Gasteiger partial charge is 0.123 e. The Kier molecular flexibility index (Phi) is 4.00. The van der Waals surface area contributed by atoms with Crippen LogP contribution in [0.4, 0.5) is 4.39 Å². The molecule has 0 aliphatic carbocycles. The van der Waals surface area contributed by atoms with Crippen LogP contribution in [0.3, 0.4) is 0 Å². The van der Waals surface area contributed by atoms with Crippen molar-refractivity contribution in [2.24, 2.45) is 5.84 Å². The molecule has 0 aliphatic rings. The standard InChI is InChI=1S/C12H15FN4S/c1-3-10-12(18-17-16-10)11(15-14)9-6-8(13)5-4-7(9)2/h4-6,11,15H,3,14H2,1-2H3. The molecule has 2 rings (SSSR count). The third-order valence-corrected chi connectivity index (χ3v) is 3.73. The van der Waals surface area contributed by atoms with Gasteiger partial charge in [0.2, 0.25) is 0 Å². The van der Waals surface area contributed by atoms with Crippen molar-refractivity contribution >= 4 is 11.5 Å². The van der Waals surface area contributed by atoms with Gasteiger partial charge in [0.1, 0.15) is 5.82 Å². The maximum atomic E-state index is 13.4. The molecule has 0 fully saturated rings. The highest BCUT2D eigenvalue weighted by atomic mass is 32.1. The van der Waals surface area contributed by atoms with E-state index in [2.05, 4.69) is 15.0 Å². The summed E-state index contributed by atoms with van der Waals surface area (Å²) in [5, 5.41) is 4.06. The molecular weight excluding hydrogens is 251 g/mol. The average Bonchev–Trinajstić information content (AvgIpc) is 2.83. The lowest BCUT2D eigenvalue weighted by atomic mass is 9.99. The number of nitrogens with one attached hydrogen (secondary N) is 1. The fourth-order valence-electron chi connectivity index (χ4n) is 1.91. The van der Waals surface area contributed by atoms with Gasteiger partial charge in [0.05, 0.1) is 16.6 Å². The van der Waals surface area contributed by atoms with Crippen molar-refractivity contribution in [2.45, 2.75) is 26.3 Å². The van der Waals surface area contributed by atoms with Gasteiger partial charge in [-0.2, -0.15) is 0 Å². The van der Waals surface area contributed by atoms with E-state index in [-0.39, 0.29) is 11.9 Å². The van der Waals surface area contributed by atoms with Crippen molar-refractivity contribution < 1.29 is 4.39 Å². The number of aromatic nitrogens is 2. The van der Waals surface area contributed by atoms with Crippen molar-refractivity contribution in [1.29, 1.82) is 0 Å². The monoisotopic (exact) mass is 266 g/mol.